The van der Waals surface area contributed by atoms with Gasteiger partial charge >= 0.3 is 5.69 Å². The summed E-state index contributed by atoms with van der Waals surface area (Å²) in [6, 6.07) is 11.0. The van der Waals surface area contributed by atoms with Crippen LogP contribution in [0.3, 0.4) is 0 Å². The zero-order valence-corrected chi connectivity index (χ0v) is 11.2. The average Bonchev–Trinajstić information content (AvgIpc) is 2.47. The Balaban J connectivity index is 2.54. The van der Waals surface area contributed by atoms with E-state index in [1.54, 1.807) is 29.3 Å². The molecular formula is C16H12N2O2. The van der Waals surface area contributed by atoms with Gasteiger partial charge < -0.3 is 0 Å². The highest BCUT2D eigenvalue weighted by molar-refractivity contribution is 6.21. The number of nitrogens with zero attached hydrogens (tertiary/aromatic N) is 2. The summed E-state index contributed by atoms with van der Waals surface area (Å²) in [4.78, 5) is 24.3. The average molecular weight is 264 g/mol. The van der Waals surface area contributed by atoms with Crippen LogP contribution in [-0.2, 0) is 14.1 Å². The zero-order chi connectivity index (χ0) is 14.0. The van der Waals surface area contributed by atoms with E-state index in [9.17, 15) is 9.59 Å². The quantitative estimate of drug-likeness (QED) is 0.456. The predicted octanol–water partition coefficient (Wildman–Crippen LogP) is 1.98. The molecular weight excluding hydrogens is 252 g/mol. The van der Waals surface area contributed by atoms with Crippen LogP contribution in [0.1, 0.15) is 0 Å². The Labute approximate surface area is 113 Å². The normalized spacial score (nSPS) is 11.9. The molecule has 4 heteroatoms. The Kier molecular flexibility index (Phi) is 1.95. The minimum absolute atomic E-state index is 0.0170. The van der Waals surface area contributed by atoms with Crippen molar-refractivity contribution in [2.75, 3.05) is 0 Å². The number of hydrogen-bond acceptors (Lipinski definition) is 2. The first-order chi connectivity index (χ1) is 9.59. The summed E-state index contributed by atoms with van der Waals surface area (Å²) in [5, 5.41) is 3.65. The van der Waals surface area contributed by atoms with E-state index in [-0.39, 0.29) is 11.1 Å². The number of rotatable bonds is 0. The summed E-state index contributed by atoms with van der Waals surface area (Å²) in [5.74, 6) is 0. The number of aryl methyl sites for hydroxylation is 2. The van der Waals surface area contributed by atoms with Gasteiger partial charge in [0, 0.05) is 30.3 Å². The topological polar surface area (TPSA) is 44.0 Å². The molecule has 1 heterocycles. The van der Waals surface area contributed by atoms with Gasteiger partial charge in [-0.3, -0.25) is 13.9 Å². The molecule has 0 fully saturated rings. The van der Waals surface area contributed by atoms with E-state index in [4.69, 9.17) is 0 Å². The highest BCUT2D eigenvalue weighted by Gasteiger charge is 2.14. The minimum Gasteiger partial charge on any atom is -0.296 e. The summed E-state index contributed by atoms with van der Waals surface area (Å²) >= 11 is 0. The van der Waals surface area contributed by atoms with E-state index in [1.165, 1.54) is 0 Å². The fraction of sp³-hybridized carbons (Fsp3) is 0.125. The van der Waals surface area contributed by atoms with Crippen molar-refractivity contribution in [3.63, 3.8) is 0 Å². The maximum Gasteiger partial charge on any atom is 0.328 e. The largest absolute Gasteiger partial charge is 0.328 e. The van der Waals surface area contributed by atoms with Gasteiger partial charge in [0.1, 0.15) is 0 Å². The van der Waals surface area contributed by atoms with E-state index in [2.05, 4.69) is 0 Å². The van der Waals surface area contributed by atoms with Crippen molar-refractivity contribution in [1.29, 1.82) is 0 Å². The van der Waals surface area contributed by atoms with E-state index in [0.29, 0.717) is 5.39 Å². The summed E-state index contributed by atoms with van der Waals surface area (Å²) in [7, 11) is 3.51. The van der Waals surface area contributed by atoms with Gasteiger partial charge in [-0.1, -0.05) is 12.1 Å². The van der Waals surface area contributed by atoms with Gasteiger partial charge in [-0.2, -0.15) is 0 Å². The van der Waals surface area contributed by atoms with Crippen molar-refractivity contribution in [2.24, 2.45) is 14.1 Å². The van der Waals surface area contributed by atoms with Crippen LogP contribution in [0.15, 0.2) is 46.0 Å². The van der Waals surface area contributed by atoms with Gasteiger partial charge in [-0.25, -0.2) is 4.79 Å². The molecule has 20 heavy (non-hydrogen) atoms. The van der Waals surface area contributed by atoms with Gasteiger partial charge in [0.05, 0.1) is 11.0 Å². The van der Waals surface area contributed by atoms with Crippen LogP contribution in [0.5, 0.6) is 0 Å². The SMILES string of the molecule is Cn1c(=O)n(C)c2ccc3c(=O)ccc4ccc1c2c43. The Hall–Kier alpha value is -2.62. The first kappa shape index (κ1) is 11.2. The Bertz CT molecular complexity index is 1080. The van der Waals surface area contributed by atoms with Crippen LogP contribution >= 0.6 is 0 Å². The standard InChI is InChI=1S/C16H12N2O2/c1-17-11-6-3-9-4-8-13(19)10-5-7-12(15(11)14(9)10)18(2)16(17)20/h3-8H,1-2H3. The van der Waals surface area contributed by atoms with Crippen LogP contribution in [0.2, 0.25) is 0 Å². The van der Waals surface area contributed by atoms with E-state index in [0.717, 1.165) is 27.2 Å². The first-order valence-corrected chi connectivity index (χ1v) is 6.43. The van der Waals surface area contributed by atoms with Crippen LogP contribution in [0.25, 0.3) is 32.6 Å². The van der Waals surface area contributed by atoms with Crippen molar-refractivity contribution in [3.8, 4) is 0 Å². The van der Waals surface area contributed by atoms with Crippen molar-refractivity contribution >= 4 is 32.6 Å². The second-order valence-electron chi connectivity index (χ2n) is 5.15. The molecule has 0 aliphatic carbocycles. The predicted molar refractivity (Wildman–Crippen MR) is 80.6 cm³/mol. The minimum atomic E-state index is -0.0711. The van der Waals surface area contributed by atoms with Crippen molar-refractivity contribution < 1.29 is 0 Å². The molecule has 3 aromatic carbocycles. The Morgan fingerprint density at radius 1 is 0.750 bits per heavy atom. The fourth-order valence-electron chi connectivity index (χ4n) is 3.08. The zero-order valence-electron chi connectivity index (χ0n) is 11.2. The fourth-order valence-corrected chi connectivity index (χ4v) is 3.08. The van der Waals surface area contributed by atoms with Gasteiger partial charge in [-0.15, -0.1) is 0 Å². The second kappa shape index (κ2) is 3.48. The molecule has 1 aromatic heterocycles. The molecule has 4 rings (SSSR count). The van der Waals surface area contributed by atoms with E-state index < -0.39 is 0 Å². The van der Waals surface area contributed by atoms with Crippen molar-refractivity contribution in [3.05, 3.63) is 57.1 Å². The van der Waals surface area contributed by atoms with Crippen LogP contribution in [-0.4, -0.2) is 9.13 Å². The molecule has 0 unspecified atom stereocenters. The van der Waals surface area contributed by atoms with Gasteiger partial charge in [-0.05, 0) is 29.7 Å². The highest BCUT2D eigenvalue weighted by Crippen LogP contribution is 2.31. The summed E-state index contributed by atoms with van der Waals surface area (Å²) < 4.78 is 3.25. The summed E-state index contributed by atoms with van der Waals surface area (Å²) in [6.45, 7) is 0. The third-order valence-corrected chi connectivity index (χ3v) is 4.13. The van der Waals surface area contributed by atoms with E-state index >= 15 is 0 Å². The van der Waals surface area contributed by atoms with Gasteiger partial charge in [0.2, 0.25) is 0 Å². The molecule has 98 valence electrons. The van der Waals surface area contributed by atoms with E-state index in [1.807, 2.05) is 30.3 Å². The molecule has 0 atom stereocenters. The summed E-state index contributed by atoms with van der Waals surface area (Å²) in [6.07, 6.45) is 0. The molecule has 0 aliphatic heterocycles. The molecule has 4 aromatic rings. The number of aromatic nitrogens is 2. The van der Waals surface area contributed by atoms with Gasteiger partial charge in [0.25, 0.3) is 0 Å². The molecule has 0 N–H and O–H groups in total. The molecule has 0 spiro atoms. The maximum atomic E-state index is 12.2. The van der Waals surface area contributed by atoms with Gasteiger partial charge in [0.15, 0.2) is 5.43 Å². The van der Waals surface area contributed by atoms with Crippen LogP contribution < -0.4 is 11.1 Å². The van der Waals surface area contributed by atoms with Crippen LogP contribution in [0.4, 0.5) is 0 Å². The van der Waals surface area contributed by atoms with Crippen LogP contribution in [0, 0.1) is 0 Å². The lowest BCUT2D eigenvalue weighted by molar-refractivity contribution is 0.756. The highest BCUT2D eigenvalue weighted by atomic mass is 16.1. The monoisotopic (exact) mass is 264 g/mol. The number of benzene rings is 3. The Morgan fingerprint density at radius 2 is 1.35 bits per heavy atom. The first-order valence-electron chi connectivity index (χ1n) is 6.43. The molecule has 0 saturated carbocycles. The smallest absolute Gasteiger partial charge is 0.296 e. The molecule has 0 aliphatic rings. The summed E-state index contributed by atoms with van der Waals surface area (Å²) in [5.41, 5.74) is 1.65. The molecule has 0 radical (unpaired) electrons. The molecule has 0 saturated heterocycles. The molecule has 4 nitrogen and oxygen atoms in total. The number of hydrogen-bond donors (Lipinski definition) is 0. The molecule has 0 amide bonds. The second-order valence-corrected chi connectivity index (χ2v) is 5.15. The third kappa shape index (κ3) is 1.16. The lowest BCUT2D eigenvalue weighted by Crippen LogP contribution is -2.27. The Morgan fingerprint density at radius 3 is 2.05 bits per heavy atom. The maximum absolute atomic E-state index is 12.2. The van der Waals surface area contributed by atoms with Crippen molar-refractivity contribution in [1.82, 2.24) is 9.13 Å². The lowest BCUT2D eigenvalue weighted by atomic mass is 9.98. The van der Waals surface area contributed by atoms with Crippen molar-refractivity contribution in [2.45, 2.75) is 0 Å². The third-order valence-electron chi connectivity index (χ3n) is 4.13. The molecule has 0 bridgehead atoms. The lowest BCUT2D eigenvalue weighted by Gasteiger charge is -2.15.